The summed E-state index contributed by atoms with van der Waals surface area (Å²) in [5, 5.41) is 0. The van der Waals surface area contributed by atoms with E-state index in [9.17, 15) is 4.79 Å². The summed E-state index contributed by atoms with van der Waals surface area (Å²) >= 11 is 0. The number of benzene rings is 1. The van der Waals surface area contributed by atoms with Crippen molar-refractivity contribution in [1.82, 2.24) is 0 Å². The lowest BCUT2D eigenvalue weighted by Gasteiger charge is -2.02. The van der Waals surface area contributed by atoms with Crippen molar-refractivity contribution >= 4 is 12.0 Å². The van der Waals surface area contributed by atoms with E-state index in [-0.39, 0.29) is 0 Å². The molecular weight excluding hydrogens is 232 g/mol. The van der Waals surface area contributed by atoms with Crippen LogP contribution in [0.2, 0.25) is 0 Å². The van der Waals surface area contributed by atoms with Gasteiger partial charge in [-0.05, 0) is 42.5 Å². The molecule has 4 heteroatoms. The summed E-state index contributed by atoms with van der Waals surface area (Å²) in [6.45, 7) is 0. The Kier molecular flexibility index (Phi) is 3.81. The SMILES string of the molecule is COc1ccc(OC(=O)C=Cc2ccco2)cc1. The minimum Gasteiger partial charge on any atom is -0.497 e. The highest BCUT2D eigenvalue weighted by atomic mass is 16.5. The molecule has 0 radical (unpaired) electrons. The first-order valence-electron chi connectivity index (χ1n) is 5.35. The van der Waals surface area contributed by atoms with Crippen LogP contribution in [0, 0.1) is 0 Å². The quantitative estimate of drug-likeness (QED) is 0.471. The van der Waals surface area contributed by atoms with Crippen LogP contribution in [0.4, 0.5) is 0 Å². The fraction of sp³-hybridized carbons (Fsp3) is 0.0714. The molecule has 2 rings (SSSR count). The zero-order valence-corrected chi connectivity index (χ0v) is 9.83. The van der Waals surface area contributed by atoms with Crippen molar-refractivity contribution < 1.29 is 18.7 Å². The Hall–Kier alpha value is -2.49. The van der Waals surface area contributed by atoms with Crippen molar-refractivity contribution in [2.45, 2.75) is 0 Å². The Bertz CT molecular complexity index is 523. The molecule has 0 spiro atoms. The fourth-order valence-electron chi connectivity index (χ4n) is 1.33. The molecule has 0 saturated carbocycles. The summed E-state index contributed by atoms with van der Waals surface area (Å²) in [6, 6.07) is 10.3. The first-order chi connectivity index (χ1) is 8.78. The minimum atomic E-state index is -0.462. The van der Waals surface area contributed by atoms with Gasteiger partial charge in [-0.3, -0.25) is 0 Å². The van der Waals surface area contributed by atoms with E-state index < -0.39 is 5.97 Å². The molecule has 1 heterocycles. The highest BCUT2D eigenvalue weighted by molar-refractivity contribution is 5.88. The lowest BCUT2D eigenvalue weighted by molar-refractivity contribution is -0.128. The summed E-state index contributed by atoms with van der Waals surface area (Å²) in [7, 11) is 1.58. The van der Waals surface area contributed by atoms with Crippen molar-refractivity contribution in [2.24, 2.45) is 0 Å². The van der Waals surface area contributed by atoms with Gasteiger partial charge >= 0.3 is 5.97 Å². The molecule has 18 heavy (non-hydrogen) atoms. The van der Waals surface area contributed by atoms with E-state index in [1.165, 1.54) is 12.3 Å². The second-order valence-electron chi connectivity index (χ2n) is 3.45. The van der Waals surface area contributed by atoms with Crippen LogP contribution in [0.5, 0.6) is 11.5 Å². The maximum absolute atomic E-state index is 11.5. The number of carbonyl (C=O) groups excluding carboxylic acids is 1. The van der Waals surface area contributed by atoms with Gasteiger partial charge in [0.2, 0.25) is 0 Å². The smallest absolute Gasteiger partial charge is 0.336 e. The Morgan fingerprint density at radius 3 is 2.50 bits per heavy atom. The summed E-state index contributed by atoms with van der Waals surface area (Å²) in [5.74, 6) is 1.31. The van der Waals surface area contributed by atoms with E-state index in [1.54, 1.807) is 49.6 Å². The number of rotatable bonds is 4. The summed E-state index contributed by atoms with van der Waals surface area (Å²) in [5.41, 5.74) is 0. The van der Waals surface area contributed by atoms with Gasteiger partial charge in [0, 0.05) is 6.08 Å². The van der Waals surface area contributed by atoms with Gasteiger partial charge < -0.3 is 13.9 Å². The Balaban J connectivity index is 1.94. The van der Waals surface area contributed by atoms with Crippen LogP contribution in [0.3, 0.4) is 0 Å². The Morgan fingerprint density at radius 1 is 1.17 bits per heavy atom. The molecule has 2 aromatic rings. The number of ether oxygens (including phenoxy) is 2. The predicted molar refractivity (Wildman–Crippen MR) is 66.4 cm³/mol. The van der Waals surface area contributed by atoms with Gasteiger partial charge in [-0.1, -0.05) is 0 Å². The maximum atomic E-state index is 11.5. The molecule has 0 bridgehead atoms. The van der Waals surface area contributed by atoms with Gasteiger partial charge in [-0.15, -0.1) is 0 Å². The first-order valence-corrected chi connectivity index (χ1v) is 5.35. The molecule has 0 aliphatic heterocycles. The van der Waals surface area contributed by atoms with E-state index in [0.29, 0.717) is 17.3 Å². The van der Waals surface area contributed by atoms with Gasteiger partial charge in [-0.25, -0.2) is 4.79 Å². The van der Waals surface area contributed by atoms with Crippen molar-refractivity contribution in [2.75, 3.05) is 7.11 Å². The molecule has 0 fully saturated rings. The third-order valence-corrected chi connectivity index (χ3v) is 2.20. The van der Waals surface area contributed by atoms with Crippen LogP contribution in [0.1, 0.15) is 5.76 Å². The lowest BCUT2D eigenvalue weighted by atomic mass is 10.3. The van der Waals surface area contributed by atoms with E-state index in [1.807, 2.05) is 0 Å². The predicted octanol–water partition coefficient (Wildman–Crippen LogP) is 2.91. The van der Waals surface area contributed by atoms with Crippen molar-refractivity contribution in [1.29, 1.82) is 0 Å². The van der Waals surface area contributed by atoms with Gasteiger partial charge in [0.25, 0.3) is 0 Å². The zero-order chi connectivity index (χ0) is 12.8. The molecule has 1 aromatic heterocycles. The van der Waals surface area contributed by atoms with Crippen LogP contribution in [0.25, 0.3) is 6.08 Å². The summed E-state index contributed by atoms with van der Waals surface area (Å²) < 4.78 is 15.1. The molecule has 92 valence electrons. The van der Waals surface area contributed by atoms with Crippen molar-refractivity contribution in [3.8, 4) is 11.5 Å². The molecular formula is C14H12O4. The Morgan fingerprint density at radius 2 is 1.89 bits per heavy atom. The average Bonchev–Trinajstić information content (AvgIpc) is 2.90. The molecule has 0 amide bonds. The highest BCUT2D eigenvalue weighted by Crippen LogP contribution is 2.17. The first kappa shape index (κ1) is 12.0. The van der Waals surface area contributed by atoms with Crippen LogP contribution in [-0.2, 0) is 4.79 Å². The molecule has 0 saturated heterocycles. The molecule has 0 aliphatic rings. The lowest BCUT2D eigenvalue weighted by Crippen LogP contribution is -2.03. The number of hydrogen-bond acceptors (Lipinski definition) is 4. The molecule has 0 aliphatic carbocycles. The van der Waals surface area contributed by atoms with E-state index in [4.69, 9.17) is 13.9 Å². The van der Waals surface area contributed by atoms with Gasteiger partial charge in [0.1, 0.15) is 17.3 Å². The van der Waals surface area contributed by atoms with Crippen LogP contribution in [0.15, 0.2) is 53.2 Å². The molecule has 4 nitrogen and oxygen atoms in total. The summed E-state index contributed by atoms with van der Waals surface area (Å²) in [4.78, 5) is 11.5. The fourth-order valence-corrected chi connectivity index (χ4v) is 1.33. The largest absolute Gasteiger partial charge is 0.497 e. The number of hydrogen-bond donors (Lipinski definition) is 0. The molecule has 1 aromatic carbocycles. The molecule has 0 unspecified atom stereocenters. The van der Waals surface area contributed by atoms with Crippen LogP contribution in [-0.4, -0.2) is 13.1 Å². The molecule has 0 atom stereocenters. The van der Waals surface area contributed by atoms with E-state index in [2.05, 4.69) is 0 Å². The maximum Gasteiger partial charge on any atom is 0.336 e. The topological polar surface area (TPSA) is 48.7 Å². The minimum absolute atomic E-state index is 0.462. The standard InChI is InChI=1S/C14H12O4/c1-16-11-4-6-13(7-5-11)18-14(15)9-8-12-3-2-10-17-12/h2-10H,1H3. The zero-order valence-electron chi connectivity index (χ0n) is 9.83. The summed E-state index contributed by atoms with van der Waals surface area (Å²) in [6.07, 6.45) is 4.39. The Labute approximate surface area is 104 Å². The monoisotopic (exact) mass is 244 g/mol. The number of furan rings is 1. The number of esters is 1. The number of carbonyl (C=O) groups is 1. The normalized spacial score (nSPS) is 10.5. The van der Waals surface area contributed by atoms with Crippen molar-refractivity contribution in [3.63, 3.8) is 0 Å². The second kappa shape index (κ2) is 5.72. The van der Waals surface area contributed by atoms with Crippen LogP contribution < -0.4 is 9.47 Å². The third kappa shape index (κ3) is 3.25. The van der Waals surface area contributed by atoms with Crippen LogP contribution >= 0.6 is 0 Å². The van der Waals surface area contributed by atoms with E-state index >= 15 is 0 Å². The third-order valence-electron chi connectivity index (χ3n) is 2.20. The average molecular weight is 244 g/mol. The van der Waals surface area contributed by atoms with Crippen molar-refractivity contribution in [3.05, 3.63) is 54.5 Å². The van der Waals surface area contributed by atoms with Gasteiger partial charge in [-0.2, -0.15) is 0 Å². The molecule has 0 N–H and O–H groups in total. The van der Waals surface area contributed by atoms with Gasteiger partial charge in [0.05, 0.1) is 13.4 Å². The van der Waals surface area contributed by atoms with Gasteiger partial charge in [0.15, 0.2) is 0 Å². The number of methoxy groups -OCH3 is 1. The highest BCUT2D eigenvalue weighted by Gasteiger charge is 2.01. The second-order valence-corrected chi connectivity index (χ2v) is 3.45. The van der Waals surface area contributed by atoms with E-state index in [0.717, 1.165) is 0 Å².